The van der Waals surface area contributed by atoms with Crippen LogP contribution in [0.25, 0.3) is 109 Å². The molecule has 1 nitrogen and oxygen atoms in total. The lowest BCUT2D eigenvalue weighted by Crippen LogP contribution is -1.92. The summed E-state index contributed by atoms with van der Waals surface area (Å²) >= 11 is 0. The molecule has 0 aliphatic carbocycles. The Bertz CT molecular complexity index is 3580. The molecule has 0 atom stereocenters. The molecule has 1 heterocycles. The Hall–Kier alpha value is -6.70. The van der Waals surface area contributed by atoms with Crippen LogP contribution in [0, 0.1) is 0 Å². The molecule has 0 unspecified atom stereocenters. The molecule has 0 amide bonds. The third-order valence-corrected chi connectivity index (χ3v) is 10.3. The molecule has 11 aromatic rings. The highest BCUT2D eigenvalue weighted by Crippen LogP contribution is 2.46. The first-order valence-corrected chi connectivity index (χ1v) is 16.9. The molecule has 10 aromatic carbocycles. The smallest absolute Gasteiger partial charge is 0.136 e. The fourth-order valence-electron chi connectivity index (χ4n) is 8.03. The Morgan fingerprint density at radius 1 is 0.353 bits per heavy atom. The van der Waals surface area contributed by atoms with Gasteiger partial charge in [0.05, 0.1) is 11.0 Å². The second-order valence-electron chi connectivity index (χ2n) is 13.0. The van der Waals surface area contributed by atoms with E-state index in [9.17, 15) is 5.48 Å². The zero-order valence-electron chi connectivity index (χ0n) is 35.1. The Labute approximate surface area is 305 Å². The van der Waals surface area contributed by atoms with Crippen molar-refractivity contribution in [2.45, 2.75) is 0 Å². The molecule has 0 radical (unpaired) electrons. The van der Waals surface area contributed by atoms with Crippen molar-refractivity contribution < 1.29 is 15.4 Å². The first-order chi connectivity index (χ1) is 28.6. The van der Waals surface area contributed by atoms with Gasteiger partial charge in [0.25, 0.3) is 0 Å². The topological polar surface area (TPSA) is 13.1 Å². The second kappa shape index (κ2) is 10.9. The number of benzene rings is 10. The Morgan fingerprint density at radius 2 is 0.922 bits per heavy atom. The molecule has 0 bridgehead atoms. The molecule has 1 aromatic heterocycles. The molecule has 0 aliphatic rings. The first-order valence-electron chi connectivity index (χ1n) is 20.9. The van der Waals surface area contributed by atoms with Crippen molar-refractivity contribution in [3.63, 3.8) is 0 Å². The summed E-state index contributed by atoms with van der Waals surface area (Å²) < 4.78 is 79.3. The van der Waals surface area contributed by atoms with Gasteiger partial charge in [-0.15, -0.1) is 0 Å². The summed E-state index contributed by atoms with van der Waals surface area (Å²) in [6, 6.07) is 40.9. The predicted octanol–water partition coefficient (Wildman–Crippen LogP) is 14.4. The van der Waals surface area contributed by atoms with Gasteiger partial charge in [-0.2, -0.15) is 0 Å². The van der Waals surface area contributed by atoms with Crippen LogP contribution in [-0.2, 0) is 0 Å². The molecule has 0 saturated heterocycles. The van der Waals surface area contributed by atoms with Crippen molar-refractivity contribution >= 4 is 75.8 Å². The molecule has 0 spiro atoms. The molecule has 0 aliphatic heterocycles. The fourth-order valence-corrected chi connectivity index (χ4v) is 8.03. The van der Waals surface area contributed by atoms with Crippen LogP contribution < -0.4 is 0 Å². The highest BCUT2D eigenvalue weighted by molar-refractivity contribution is 6.24. The maximum absolute atomic E-state index is 9.41. The van der Waals surface area contributed by atoms with E-state index in [2.05, 4.69) is 36.4 Å². The van der Waals surface area contributed by atoms with Gasteiger partial charge >= 0.3 is 0 Å². The lowest BCUT2D eigenvalue weighted by molar-refractivity contribution is 0.669. The van der Waals surface area contributed by atoms with Gasteiger partial charge in [0.2, 0.25) is 0 Å². The summed E-state index contributed by atoms with van der Waals surface area (Å²) in [4.78, 5) is 0. The number of furan rings is 1. The van der Waals surface area contributed by atoms with Gasteiger partial charge in [-0.25, -0.2) is 0 Å². The van der Waals surface area contributed by atoms with E-state index in [0.29, 0.717) is 22.3 Å². The van der Waals surface area contributed by atoms with Gasteiger partial charge in [0.15, 0.2) is 0 Å². The lowest BCUT2D eigenvalue weighted by atomic mass is 9.84. The summed E-state index contributed by atoms with van der Waals surface area (Å²) in [5, 5.41) is 8.56. The Morgan fingerprint density at radius 3 is 1.69 bits per heavy atom. The van der Waals surface area contributed by atoms with Crippen LogP contribution in [0.3, 0.4) is 0 Å². The second-order valence-corrected chi connectivity index (χ2v) is 13.0. The fraction of sp³-hybridized carbons (Fsp3) is 0. The highest BCUT2D eigenvalue weighted by atomic mass is 16.3. The average Bonchev–Trinajstić information content (AvgIpc) is 3.66. The van der Waals surface area contributed by atoms with Gasteiger partial charge in [0, 0.05) is 10.8 Å². The van der Waals surface area contributed by atoms with E-state index >= 15 is 0 Å². The minimum Gasteiger partial charge on any atom is -0.456 e. The van der Waals surface area contributed by atoms with Gasteiger partial charge in [-0.05, 0) is 112 Å². The lowest BCUT2D eigenvalue weighted by Gasteiger charge is -2.19. The van der Waals surface area contributed by atoms with E-state index in [1.165, 1.54) is 0 Å². The maximum Gasteiger partial charge on any atom is 0.136 e. The highest BCUT2D eigenvalue weighted by Gasteiger charge is 2.19. The monoisotopic (exact) mass is 654 g/mol. The third kappa shape index (κ3) is 4.22. The Kier molecular flexibility index (Phi) is 4.57. The standard InChI is InChI=1S/C50H30O/c1-3-15-36-31(11-1)13-9-22-40(36)49-43-19-7-5-17-41(43)48(42-18-6-8-20-44(42)49)35-23-26-38-33(29-35)14-10-21-37(38)34-25-27-46-45(30-34)50-39-16-4-2-12-32(39)24-28-47(50)51-46/h1-30H/i5D,6D,7D,8D,17D,18D,19D,20D. The van der Waals surface area contributed by atoms with Crippen molar-refractivity contribution in [3.05, 3.63) is 182 Å². The minimum atomic E-state index is -0.425. The largest absolute Gasteiger partial charge is 0.456 e. The maximum atomic E-state index is 9.41. The van der Waals surface area contributed by atoms with Crippen LogP contribution >= 0.6 is 0 Å². The molecule has 51 heavy (non-hydrogen) atoms. The van der Waals surface area contributed by atoms with Crippen LogP contribution in [0.15, 0.2) is 186 Å². The van der Waals surface area contributed by atoms with Gasteiger partial charge in [-0.3, -0.25) is 0 Å². The quantitative estimate of drug-likeness (QED) is 0.173. The van der Waals surface area contributed by atoms with Crippen LogP contribution in [0.2, 0.25) is 0 Å². The third-order valence-electron chi connectivity index (χ3n) is 10.3. The molecule has 0 saturated carbocycles. The van der Waals surface area contributed by atoms with Gasteiger partial charge < -0.3 is 4.42 Å². The van der Waals surface area contributed by atoms with Crippen LogP contribution in [0.4, 0.5) is 0 Å². The zero-order valence-corrected chi connectivity index (χ0v) is 27.1. The van der Waals surface area contributed by atoms with Crippen molar-refractivity contribution in [2.75, 3.05) is 0 Å². The van der Waals surface area contributed by atoms with E-state index in [4.69, 9.17) is 9.90 Å². The molecule has 0 fully saturated rings. The van der Waals surface area contributed by atoms with E-state index in [1.807, 2.05) is 97.1 Å². The summed E-state index contributed by atoms with van der Waals surface area (Å²) in [6.07, 6.45) is 0. The summed E-state index contributed by atoms with van der Waals surface area (Å²) in [5.74, 6) is 0. The summed E-state index contributed by atoms with van der Waals surface area (Å²) in [6.45, 7) is 0. The summed E-state index contributed by atoms with van der Waals surface area (Å²) in [5.41, 5.74) is 5.42. The molecule has 11 rings (SSSR count). The van der Waals surface area contributed by atoms with Crippen molar-refractivity contribution in [1.82, 2.24) is 0 Å². The normalized spacial score (nSPS) is 14.1. The average molecular weight is 655 g/mol. The Balaban J connectivity index is 1.23. The van der Waals surface area contributed by atoms with Gasteiger partial charge in [0.1, 0.15) is 11.2 Å². The van der Waals surface area contributed by atoms with Crippen LogP contribution in [0.5, 0.6) is 0 Å². The van der Waals surface area contributed by atoms with Crippen LogP contribution in [-0.4, -0.2) is 0 Å². The van der Waals surface area contributed by atoms with Crippen molar-refractivity contribution in [3.8, 4) is 33.4 Å². The molecule has 1 heteroatoms. The molecular weight excluding hydrogens is 617 g/mol. The number of hydrogen-bond acceptors (Lipinski definition) is 1. The minimum absolute atomic E-state index is 0.191. The van der Waals surface area contributed by atoms with Crippen molar-refractivity contribution in [2.24, 2.45) is 0 Å². The van der Waals surface area contributed by atoms with E-state index in [-0.39, 0.29) is 45.7 Å². The number of fused-ring (bicyclic) bond motifs is 9. The predicted molar refractivity (Wildman–Crippen MR) is 218 cm³/mol. The van der Waals surface area contributed by atoms with Crippen LogP contribution in [0.1, 0.15) is 11.0 Å². The number of hydrogen-bond donors (Lipinski definition) is 0. The SMILES string of the molecule is [2H]c1c([2H])c([2H])c2c(-c3cccc4ccccc34)c3c([2H])c([2H])c([2H])c([2H])c3c(-c3ccc4c(-c5ccc6oc7ccc8ccccc8c7c6c5)cccc4c3)c2c1[2H]. The van der Waals surface area contributed by atoms with Crippen molar-refractivity contribution in [1.29, 1.82) is 0 Å². The zero-order chi connectivity index (χ0) is 40.4. The molecule has 236 valence electrons. The number of rotatable bonds is 3. The summed E-state index contributed by atoms with van der Waals surface area (Å²) in [7, 11) is 0. The van der Waals surface area contributed by atoms with E-state index in [0.717, 1.165) is 65.4 Å². The molecule has 0 N–H and O–H groups in total. The first kappa shape index (κ1) is 21.4. The van der Waals surface area contributed by atoms with E-state index in [1.54, 1.807) is 0 Å². The van der Waals surface area contributed by atoms with E-state index < -0.39 is 24.2 Å². The van der Waals surface area contributed by atoms with Gasteiger partial charge in [-0.1, -0.05) is 158 Å². The molecular formula is C50H30O.